The molecule has 2 rings (SSSR count). The van der Waals surface area contributed by atoms with Crippen LogP contribution < -0.4 is 0 Å². The zero-order valence-electron chi connectivity index (χ0n) is 10.7. The van der Waals surface area contributed by atoms with E-state index < -0.39 is 0 Å². The van der Waals surface area contributed by atoms with Gasteiger partial charge in [-0.25, -0.2) is 0 Å². The van der Waals surface area contributed by atoms with Crippen LogP contribution in [-0.2, 0) is 0 Å². The van der Waals surface area contributed by atoms with E-state index in [1.54, 1.807) is 0 Å². The topological polar surface area (TPSA) is 17.1 Å². The Hall–Kier alpha value is -1.63. The predicted molar refractivity (Wildman–Crippen MR) is 71.0 cm³/mol. The Kier molecular flexibility index (Phi) is 3.01. The van der Waals surface area contributed by atoms with E-state index in [1.807, 2.05) is 36.4 Å². The number of hydrogen-bond donors (Lipinski definition) is 0. The molecular formula is C16H18O. The number of ketones is 1. The van der Waals surface area contributed by atoms with Crippen molar-refractivity contribution < 1.29 is 4.79 Å². The molecule has 0 radical (unpaired) electrons. The van der Waals surface area contributed by atoms with Gasteiger partial charge in [-0.15, -0.1) is 0 Å². The average Bonchev–Trinajstić information content (AvgIpc) is 2.28. The van der Waals surface area contributed by atoms with Crippen molar-refractivity contribution in [2.24, 2.45) is 5.41 Å². The van der Waals surface area contributed by atoms with Crippen LogP contribution in [0.15, 0.2) is 53.6 Å². The molecule has 0 amide bonds. The molecule has 0 spiro atoms. The van der Waals surface area contributed by atoms with E-state index >= 15 is 0 Å². The van der Waals surface area contributed by atoms with Crippen molar-refractivity contribution in [3.8, 4) is 0 Å². The van der Waals surface area contributed by atoms with E-state index in [2.05, 4.69) is 26.8 Å². The molecule has 0 unspecified atom stereocenters. The molecule has 0 aromatic heterocycles. The number of Topliss-reactive ketones (excluding diaryl/α,β-unsaturated/α-hetero) is 1. The van der Waals surface area contributed by atoms with E-state index in [4.69, 9.17) is 0 Å². The first-order valence-electron chi connectivity index (χ1n) is 5.98. The van der Waals surface area contributed by atoms with E-state index in [9.17, 15) is 4.79 Å². The lowest BCUT2D eigenvalue weighted by Crippen LogP contribution is -2.24. The van der Waals surface area contributed by atoms with Crippen LogP contribution in [0, 0.1) is 5.41 Å². The van der Waals surface area contributed by atoms with Crippen molar-refractivity contribution in [3.05, 3.63) is 59.2 Å². The van der Waals surface area contributed by atoms with Gasteiger partial charge in [-0.2, -0.15) is 0 Å². The Bertz CT molecular complexity index is 490. The minimum atomic E-state index is -0.0637. The summed E-state index contributed by atoms with van der Waals surface area (Å²) in [6.45, 7) is 6.38. The zero-order valence-corrected chi connectivity index (χ0v) is 10.7. The fraction of sp³-hybridized carbons (Fsp3) is 0.312. The van der Waals surface area contributed by atoms with Crippen LogP contribution in [0.2, 0.25) is 0 Å². The molecule has 1 nitrogen and oxygen atoms in total. The Morgan fingerprint density at radius 3 is 2.35 bits per heavy atom. The maximum atomic E-state index is 12.4. The summed E-state index contributed by atoms with van der Waals surface area (Å²) >= 11 is 0. The van der Waals surface area contributed by atoms with Gasteiger partial charge < -0.3 is 0 Å². The van der Waals surface area contributed by atoms with Crippen LogP contribution in [0.4, 0.5) is 0 Å². The van der Waals surface area contributed by atoms with E-state index in [1.165, 1.54) is 5.57 Å². The molecule has 88 valence electrons. The fourth-order valence-corrected chi connectivity index (χ4v) is 2.43. The van der Waals surface area contributed by atoms with Gasteiger partial charge in [-0.3, -0.25) is 4.79 Å². The van der Waals surface area contributed by atoms with Gasteiger partial charge in [0.15, 0.2) is 5.78 Å². The second-order valence-corrected chi connectivity index (χ2v) is 5.35. The van der Waals surface area contributed by atoms with Gasteiger partial charge in [-0.05, 0) is 18.8 Å². The van der Waals surface area contributed by atoms with E-state index in [0.717, 1.165) is 17.6 Å². The Morgan fingerprint density at radius 2 is 1.76 bits per heavy atom. The number of benzene rings is 1. The maximum Gasteiger partial charge on any atom is 0.189 e. The molecule has 0 bridgehead atoms. The van der Waals surface area contributed by atoms with Crippen molar-refractivity contribution in [1.29, 1.82) is 0 Å². The molecule has 0 saturated carbocycles. The zero-order chi connectivity index (χ0) is 12.5. The normalized spacial score (nSPS) is 18.3. The van der Waals surface area contributed by atoms with Crippen molar-refractivity contribution in [2.75, 3.05) is 0 Å². The number of allylic oxidation sites excluding steroid dienone is 4. The summed E-state index contributed by atoms with van der Waals surface area (Å²) in [5, 5.41) is 0. The van der Waals surface area contributed by atoms with E-state index in [-0.39, 0.29) is 11.2 Å². The first-order chi connectivity index (χ1) is 8.00. The molecule has 1 aromatic carbocycles. The van der Waals surface area contributed by atoms with Crippen LogP contribution in [0.3, 0.4) is 0 Å². The Balaban J connectivity index is 2.38. The number of hydrogen-bond acceptors (Lipinski definition) is 1. The summed E-state index contributed by atoms with van der Waals surface area (Å²) in [6.07, 6.45) is 4.99. The van der Waals surface area contributed by atoms with Gasteiger partial charge in [0.2, 0.25) is 0 Å². The highest BCUT2D eigenvalue weighted by atomic mass is 16.1. The van der Waals surface area contributed by atoms with Gasteiger partial charge in [0.05, 0.1) is 0 Å². The molecule has 0 atom stereocenters. The Morgan fingerprint density at radius 1 is 1.12 bits per heavy atom. The molecule has 17 heavy (non-hydrogen) atoms. The third kappa shape index (κ3) is 2.38. The van der Waals surface area contributed by atoms with Crippen molar-refractivity contribution >= 4 is 5.78 Å². The van der Waals surface area contributed by atoms with Gasteiger partial charge >= 0.3 is 0 Å². The van der Waals surface area contributed by atoms with Gasteiger partial charge in [0.1, 0.15) is 0 Å². The molecular weight excluding hydrogens is 208 g/mol. The van der Waals surface area contributed by atoms with Crippen LogP contribution >= 0.6 is 0 Å². The average molecular weight is 226 g/mol. The van der Waals surface area contributed by atoms with Crippen molar-refractivity contribution in [2.45, 2.75) is 27.2 Å². The third-order valence-electron chi connectivity index (χ3n) is 3.27. The summed E-state index contributed by atoms with van der Waals surface area (Å²) in [5.41, 5.74) is 2.96. The Labute approximate surface area is 103 Å². The highest BCUT2D eigenvalue weighted by Gasteiger charge is 2.30. The molecule has 0 saturated heterocycles. The lowest BCUT2D eigenvalue weighted by atomic mass is 9.73. The van der Waals surface area contributed by atoms with Crippen LogP contribution in [0.25, 0.3) is 0 Å². The van der Waals surface area contributed by atoms with Gasteiger partial charge in [-0.1, -0.05) is 61.9 Å². The predicted octanol–water partition coefficient (Wildman–Crippen LogP) is 4.17. The minimum Gasteiger partial charge on any atom is -0.289 e. The summed E-state index contributed by atoms with van der Waals surface area (Å²) in [4.78, 5) is 12.4. The maximum absolute atomic E-state index is 12.4. The van der Waals surface area contributed by atoms with Crippen molar-refractivity contribution in [3.63, 3.8) is 0 Å². The third-order valence-corrected chi connectivity index (χ3v) is 3.27. The molecule has 0 heterocycles. The standard InChI is InChI=1S/C16H18O/c1-12-9-10-14(16(2,3)11-12)15(17)13-7-5-4-6-8-13/h4-10H,11H2,1-3H3. The van der Waals surface area contributed by atoms with Crippen molar-refractivity contribution in [1.82, 2.24) is 0 Å². The number of carbonyl (C=O) groups is 1. The summed E-state index contributed by atoms with van der Waals surface area (Å²) < 4.78 is 0. The summed E-state index contributed by atoms with van der Waals surface area (Å²) in [5.74, 6) is 0.152. The molecule has 1 aromatic rings. The summed E-state index contributed by atoms with van der Waals surface area (Å²) in [7, 11) is 0. The molecule has 1 aliphatic rings. The number of rotatable bonds is 2. The summed E-state index contributed by atoms with van der Waals surface area (Å²) in [6, 6.07) is 9.51. The highest BCUT2D eigenvalue weighted by molar-refractivity contribution is 6.09. The highest BCUT2D eigenvalue weighted by Crippen LogP contribution is 2.38. The second kappa shape index (κ2) is 4.33. The number of carbonyl (C=O) groups excluding carboxylic acids is 1. The fourth-order valence-electron chi connectivity index (χ4n) is 2.43. The largest absolute Gasteiger partial charge is 0.289 e. The molecule has 0 fully saturated rings. The van der Waals surface area contributed by atoms with Gasteiger partial charge in [0.25, 0.3) is 0 Å². The molecule has 0 N–H and O–H groups in total. The minimum absolute atomic E-state index is 0.0637. The quantitative estimate of drug-likeness (QED) is 0.692. The molecule has 1 aliphatic carbocycles. The second-order valence-electron chi connectivity index (χ2n) is 5.35. The van der Waals surface area contributed by atoms with Crippen LogP contribution in [0.5, 0.6) is 0 Å². The SMILES string of the molecule is CC1=CC=C(C(=O)c2ccccc2)C(C)(C)C1. The van der Waals surface area contributed by atoms with Crippen LogP contribution in [-0.4, -0.2) is 5.78 Å². The molecule has 0 aliphatic heterocycles. The lowest BCUT2D eigenvalue weighted by Gasteiger charge is -2.30. The molecule has 1 heteroatoms. The first-order valence-corrected chi connectivity index (χ1v) is 5.98. The monoisotopic (exact) mass is 226 g/mol. The van der Waals surface area contributed by atoms with Gasteiger partial charge in [0, 0.05) is 11.1 Å². The first kappa shape index (κ1) is 11.8. The smallest absolute Gasteiger partial charge is 0.189 e. The van der Waals surface area contributed by atoms with Crippen LogP contribution in [0.1, 0.15) is 37.6 Å². The lowest BCUT2D eigenvalue weighted by molar-refractivity contribution is 0.101. The van der Waals surface area contributed by atoms with E-state index in [0.29, 0.717) is 0 Å².